The number of carbonyl (C=O) groups is 1. The Kier molecular flexibility index (Phi) is 6.89. The Morgan fingerprint density at radius 1 is 1.41 bits per heavy atom. The van der Waals surface area contributed by atoms with E-state index in [0.29, 0.717) is 22.8 Å². The molecule has 0 spiro atoms. The second-order valence-electron chi connectivity index (χ2n) is 6.54. The minimum atomic E-state index is -0.271. The first kappa shape index (κ1) is 21.3. The Balaban J connectivity index is 1.62. The fourth-order valence-corrected chi connectivity index (χ4v) is 3.21. The normalized spacial score (nSPS) is 12.9. The average molecular weight is 525 g/mol. The number of hydrogen-bond donors (Lipinski definition) is 2. The Morgan fingerprint density at radius 2 is 2.21 bits per heavy atom. The van der Waals surface area contributed by atoms with Gasteiger partial charge in [0.25, 0.3) is 5.91 Å². The summed E-state index contributed by atoms with van der Waals surface area (Å²) in [5, 5.41) is 23.6. The molecule has 2 N–H and O–H groups in total. The number of rotatable bonds is 7. The highest BCUT2D eigenvalue weighted by molar-refractivity contribution is 14.1. The van der Waals surface area contributed by atoms with Crippen molar-refractivity contribution >= 4 is 40.5 Å². The molecule has 29 heavy (non-hydrogen) atoms. The Labute approximate surface area is 186 Å². The highest BCUT2D eigenvalue weighted by Crippen LogP contribution is 2.24. The van der Waals surface area contributed by atoms with Crippen molar-refractivity contribution < 1.29 is 7.86 Å². The summed E-state index contributed by atoms with van der Waals surface area (Å²) in [6.45, 7) is 4.24. The highest BCUT2D eigenvalue weighted by atomic mass is 127. The highest BCUT2D eigenvalue weighted by Gasteiger charge is 2.16. The van der Waals surface area contributed by atoms with E-state index in [2.05, 4.69) is 20.6 Å². The van der Waals surface area contributed by atoms with Crippen molar-refractivity contribution in [2.75, 3.05) is 0 Å². The maximum Gasteiger partial charge on any atom is 0.272 e. The zero-order chi connectivity index (χ0) is 21.0. The Bertz CT molecular complexity index is 1060. The summed E-state index contributed by atoms with van der Waals surface area (Å²) in [5.41, 5.74) is 3.02. The van der Waals surface area contributed by atoms with Gasteiger partial charge in [-0.3, -0.25) is 14.6 Å². The quantitative estimate of drug-likeness (QED) is 0.454. The molecule has 0 saturated carbocycles. The first-order chi connectivity index (χ1) is 13.9. The summed E-state index contributed by atoms with van der Waals surface area (Å²) in [5.74, 6) is -0.271. The third-order valence-corrected chi connectivity index (χ3v) is 5.34. The van der Waals surface area contributed by atoms with Crippen LogP contribution in [0.15, 0.2) is 36.5 Å². The first-order valence-electron chi connectivity index (χ1n) is 8.78. The number of hydrogen-bond acceptors (Lipinski definition) is 5. The number of nitriles is 1. The number of amides is 1. The second-order valence-corrected chi connectivity index (χ2v) is 7.46. The van der Waals surface area contributed by atoms with Gasteiger partial charge in [0.2, 0.25) is 0 Å². The van der Waals surface area contributed by atoms with Crippen LogP contribution < -0.4 is 5.32 Å². The Hall–Kier alpha value is -2.42. The van der Waals surface area contributed by atoms with Crippen LogP contribution in [0.1, 0.15) is 41.7 Å². The van der Waals surface area contributed by atoms with Gasteiger partial charge in [0.15, 0.2) is 0 Å². The fraction of sp³-hybridized carbons (Fsp3) is 0.263. The van der Waals surface area contributed by atoms with Gasteiger partial charge in [0.1, 0.15) is 40.9 Å². The van der Waals surface area contributed by atoms with Crippen molar-refractivity contribution in [2.45, 2.75) is 32.5 Å². The number of benzene rings is 1. The summed E-state index contributed by atoms with van der Waals surface area (Å²) >= 11 is 7.90. The number of nitrogens with zero attached hydrogens (tertiary/aromatic N) is 4. The summed E-state index contributed by atoms with van der Waals surface area (Å²) in [6, 6.07) is 10.6. The monoisotopic (exact) mass is 524 g/mol. The van der Waals surface area contributed by atoms with Crippen molar-refractivity contribution in [2.24, 2.45) is 0 Å². The van der Waals surface area contributed by atoms with E-state index in [4.69, 9.17) is 19.9 Å². The average Bonchev–Trinajstić information content (AvgIpc) is 3.37. The number of halogens is 2. The van der Waals surface area contributed by atoms with Crippen LogP contribution in [0, 0.1) is 11.3 Å². The lowest BCUT2D eigenvalue weighted by Gasteiger charge is -2.13. The molecular formula is C19H18ClIN6O2. The van der Waals surface area contributed by atoms with Gasteiger partial charge in [0, 0.05) is 17.8 Å². The molecule has 1 amide bonds. The van der Waals surface area contributed by atoms with Crippen LogP contribution in [0.4, 0.5) is 0 Å². The van der Waals surface area contributed by atoms with Crippen molar-refractivity contribution in [1.82, 2.24) is 25.3 Å². The van der Waals surface area contributed by atoms with Crippen LogP contribution in [0.2, 0.25) is 5.02 Å². The lowest BCUT2D eigenvalue weighted by atomic mass is 10.1. The number of carbonyl (C=O) groups excluding carboxylic acids is 1. The number of H-pyrrole nitrogens is 1. The molecule has 0 fully saturated rings. The van der Waals surface area contributed by atoms with Gasteiger partial charge in [-0.1, -0.05) is 17.7 Å². The topological polar surface area (TPSA) is 109 Å². The minimum Gasteiger partial charge on any atom is -0.346 e. The van der Waals surface area contributed by atoms with E-state index in [-0.39, 0.29) is 18.1 Å². The van der Waals surface area contributed by atoms with E-state index in [1.54, 1.807) is 28.9 Å². The van der Waals surface area contributed by atoms with Crippen molar-refractivity contribution in [3.8, 4) is 17.3 Å². The molecule has 3 rings (SSSR count). The van der Waals surface area contributed by atoms with E-state index in [1.165, 1.54) is 0 Å². The van der Waals surface area contributed by atoms with Crippen molar-refractivity contribution in [1.29, 1.82) is 5.26 Å². The molecule has 0 radical (unpaired) electrons. The van der Waals surface area contributed by atoms with Crippen LogP contribution in [-0.4, -0.2) is 31.9 Å². The smallest absolute Gasteiger partial charge is 0.272 e. The van der Waals surface area contributed by atoms with E-state index in [9.17, 15) is 4.79 Å². The SMILES string of the molecule is C[C@@H](Cn1ccc(-c2ccc(C#N)c(Cl)c2)n1)NC(=O)c1cc([C@@H](C)OI)[nH]n1. The van der Waals surface area contributed by atoms with Gasteiger partial charge in [-0.2, -0.15) is 15.5 Å². The summed E-state index contributed by atoms with van der Waals surface area (Å²) < 4.78 is 6.92. The molecule has 0 saturated heterocycles. The second kappa shape index (κ2) is 9.39. The molecule has 0 aliphatic rings. The maximum absolute atomic E-state index is 12.4. The van der Waals surface area contributed by atoms with Crippen LogP contribution in [0.5, 0.6) is 0 Å². The van der Waals surface area contributed by atoms with Crippen LogP contribution >= 0.6 is 34.6 Å². The van der Waals surface area contributed by atoms with Crippen molar-refractivity contribution in [3.05, 3.63) is 58.5 Å². The zero-order valence-corrected chi connectivity index (χ0v) is 18.6. The van der Waals surface area contributed by atoms with Crippen molar-refractivity contribution in [3.63, 3.8) is 0 Å². The minimum absolute atomic E-state index is 0.168. The molecule has 0 unspecified atom stereocenters. The Morgan fingerprint density at radius 3 is 2.90 bits per heavy atom. The molecule has 10 heteroatoms. The van der Waals surface area contributed by atoms with E-state index in [1.807, 2.05) is 55.2 Å². The predicted molar refractivity (Wildman–Crippen MR) is 116 cm³/mol. The molecule has 0 bridgehead atoms. The third-order valence-electron chi connectivity index (χ3n) is 4.27. The number of aromatic nitrogens is 4. The molecule has 2 heterocycles. The lowest BCUT2D eigenvalue weighted by Crippen LogP contribution is -2.36. The largest absolute Gasteiger partial charge is 0.346 e. The zero-order valence-electron chi connectivity index (χ0n) is 15.7. The molecule has 8 nitrogen and oxygen atoms in total. The molecule has 150 valence electrons. The van der Waals surface area contributed by atoms with Crippen LogP contribution in [0.25, 0.3) is 11.3 Å². The van der Waals surface area contributed by atoms with Crippen LogP contribution in [-0.2, 0) is 9.61 Å². The van der Waals surface area contributed by atoms with E-state index in [0.717, 1.165) is 17.0 Å². The van der Waals surface area contributed by atoms with Gasteiger partial charge >= 0.3 is 0 Å². The first-order valence-corrected chi connectivity index (χ1v) is 10.0. The molecule has 2 atom stereocenters. The number of nitrogens with one attached hydrogen (secondary N) is 2. The standard InChI is InChI=1S/C19H18ClIN6O2/c1-11(23-19(28)18-8-17(24-25-18)12(2)29-21)10-27-6-5-16(26-27)13-3-4-14(9-22)15(20)7-13/h3-8,11-12H,10H2,1-2H3,(H,23,28)(H,24,25)/t11-,12+/m0/s1. The molecule has 1 aromatic carbocycles. The van der Waals surface area contributed by atoms with Gasteiger partial charge in [0.05, 0.1) is 28.5 Å². The fourth-order valence-electron chi connectivity index (χ4n) is 2.72. The lowest BCUT2D eigenvalue weighted by molar-refractivity contribution is 0.0931. The maximum atomic E-state index is 12.4. The summed E-state index contributed by atoms with van der Waals surface area (Å²) in [4.78, 5) is 12.4. The molecule has 0 aliphatic carbocycles. The van der Waals surface area contributed by atoms with Crippen LogP contribution in [0.3, 0.4) is 0 Å². The van der Waals surface area contributed by atoms with E-state index < -0.39 is 0 Å². The molecule has 2 aromatic heterocycles. The van der Waals surface area contributed by atoms with Gasteiger partial charge < -0.3 is 8.38 Å². The predicted octanol–water partition coefficient (Wildman–Crippen LogP) is 4.04. The van der Waals surface area contributed by atoms with Gasteiger partial charge in [-0.15, -0.1) is 0 Å². The van der Waals surface area contributed by atoms with Gasteiger partial charge in [-0.05, 0) is 38.1 Å². The summed E-state index contributed by atoms with van der Waals surface area (Å²) in [6.07, 6.45) is 1.65. The third kappa shape index (κ3) is 5.14. The summed E-state index contributed by atoms with van der Waals surface area (Å²) in [7, 11) is 0. The van der Waals surface area contributed by atoms with E-state index >= 15 is 0 Å². The molecule has 0 aliphatic heterocycles. The molecular weight excluding hydrogens is 507 g/mol. The van der Waals surface area contributed by atoms with Gasteiger partial charge in [-0.25, -0.2) is 0 Å². The molecule has 3 aromatic rings. The number of aromatic amines is 1.